The van der Waals surface area contributed by atoms with Crippen molar-refractivity contribution in [2.45, 2.75) is 154 Å². The van der Waals surface area contributed by atoms with Crippen LogP contribution < -0.4 is 59.7 Å². The molecule has 79 heavy (non-hydrogen) atoms. The molecule has 0 heterocycles. The average molecular weight is 1110 g/mol. The van der Waals surface area contributed by atoms with Crippen molar-refractivity contribution < 1.29 is 73.5 Å². The van der Waals surface area contributed by atoms with Crippen LogP contribution in [0.1, 0.15) is 91.7 Å². The number of aliphatic hydroxyl groups excluding tert-OH is 2. The monoisotopic (exact) mass is 1110 g/mol. The highest BCUT2D eigenvalue weighted by molar-refractivity contribution is 5.99. The van der Waals surface area contributed by atoms with Crippen LogP contribution in [-0.2, 0) is 60.8 Å². The summed E-state index contributed by atoms with van der Waals surface area (Å²) in [5.41, 5.74) is 17.7. The number of carbonyl (C=O) groups excluding carboxylic acids is 8. The SMILES string of the molecule is CC(C)C[C@H](NC(=O)[C@@H](NC(=O)[C@H](CO)NC(=O)[C@H](CCCN=C(N)N)NC(=O)[C@H](CC(C)C)NC(=O)[C@H](Cc1ccc(O)cc1)NC(=O)[C@H](CC(=O)O)NC(=O)[C@H](Cc1ccccc1)NC(=O)[C@@H](N)[C@@H](C)O)C(C)C)C(=O)O. The molecular formula is C52H80N12O15. The van der Waals surface area contributed by atoms with E-state index in [1.165, 1.54) is 31.2 Å². The first-order valence-corrected chi connectivity index (χ1v) is 25.8. The number of guanidine groups is 1. The molecule has 27 nitrogen and oxygen atoms in total. The highest BCUT2D eigenvalue weighted by Crippen LogP contribution is 2.15. The number of aliphatic carboxylic acids is 2. The van der Waals surface area contributed by atoms with E-state index >= 15 is 0 Å². The number of aromatic hydroxyl groups is 1. The van der Waals surface area contributed by atoms with Crippen molar-refractivity contribution in [2.24, 2.45) is 39.9 Å². The van der Waals surface area contributed by atoms with E-state index in [1.807, 2.05) is 0 Å². The Morgan fingerprint density at radius 1 is 0.532 bits per heavy atom. The van der Waals surface area contributed by atoms with Gasteiger partial charge in [0.25, 0.3) is 0 Å². The van der Waals surface area contributed by atoms with Gasteiger partial charge in [0.1, 0.15) is 60.1 Å². The van der Waals surface area contributed by atoms with Crippen LogP contribution in [-0.4, -0.2) is 164 Å². The first kappa shape index (κ1) is 67.2. The standard InChI is InChI=1S/C52H80N12O15/c1-26(2)20-34(44(71)57-33(14-11-19-56-52(54)55)43(70)63-39(25-65)48(75)64-42(28(5)6)50(77)62-38(51(78)79)21-27(3)4)58-45(72)35(23-31-15-17-32(67)18-16-31)59-47(74)37(24-40(68)69)60-46(73)36(22-30-12-9-8-10-13-30)61-49(76)41(53)29(7)66/h8-10,12-13,15-18,26-29,33-39,41-42,65-67H,11,14,19-25,53H2,1-7H3,(H,57,71)(H,58,72)(H,59,74)(H,60,73)(H,61,76)(H,62,77)(H,63,70)(H,64,75)(H,68,69)(H,78,79)(H4,54,55,56)/t29-,33+,34+,35+,36+,37+,38+,39+,41+,42+/m1/s1. The number of nitrogens with one attached hydrogen (secondary N) is 8. The lowest BCUT2D eigenvalue weighted by molar-refractivity contribution is -0.143. The molecule has 0 unspecified atom stereocenters. The summed E-state index contributed by atoms with van der Waals surface area (Å²) in [6.45, 7) is 10.3. The van der Waals surface area contributed by atoms with E-state index in [2.05, 4.69) is 47.5 Å². The second-order valence-electron chi connectivity index (χ2n) is 20.3. The Morgan fingerprint density at radius 2 is 0.962 bits per heavy atom. The Labute approximate surface area is 458 Å². The van der Waals surface area contributed by atoms with E-state index in [4.69, 9.17) is 17.2 Å². The minimum Gasteiger partial charge on any atom is -0.508 e. The van der Waals surface area contributed by atoms with Gasteiger partial charge in [0.2, 0.25) is 47.3 Å². The molecule has 0 saturated heterocycles. The molecule has 0 aromatic heterocycles. The van der Waals surface area contributed by atoms with Crippen molar-refractivity contribution in [3.8, 4) is 5.75 Å². The van der Waals surface area contributed by atoms with Gasteiger partial charge in [-0.05, 0) is 73.6 Å². The molecule has 0 aliphatic carbocycles. The zero-order valence-electron chi connectivity index (χ0n) is 45.6. The van der Waals surface area contributed by atoms with Gasteiger partial charge < -0.3 is 85.3 Å². The molecule has 19 N–H and O–H groups in total. The van der Waals surface area contributed by atoms with Crippen LogP contribution in [0.3, 0.4) is 0 Å². The number of phenols is 1. The van der Waals surface area contributed by atoms with Crippen LogP contribution in [0.4, 0.5) is 0 Å². The van der Waals surface area contributed by atoms with Gasteiger partial charge in [-0.15, -0.1) is 0 Å². The van der Waals surface area contributed by atoms with E-state index in [1.54, 1.807) is 71.9 Å². The number of phenolic OH excluding ortho intramolecular Hbond substituents is 1. The van der Waals surface area contributed by atoms with Crippen LogP contribution in [0, 0.1) is 17.8 Å². The average Bonchev–Trinajstić information content (AvgIpc) is 3.36. The third-order valence-corrected chi connectivity index (χ3v) is 12.1. The quantitative estimate of drug-likeness (QED) is 0.0190. The number of aliphatic imine (C=N–C) groups is 1. The number of aliphatic hydroxyl groups is 2. The topological polar surface area (TPSA) is 459 Å². The molecule has 2 aromatic rings. The van der Waals surface area contributed by atoms with E-state index in [0.717, 1.165) is 0 Å². The smallest absolute Gasteiger partial charge is 0.326 e. The van der Waals surface area contributed by atoms with Crippen LogP contribution in [0.15, 0.2) is 59.6 Å². The summed E-state index contributed by atoms with van der Waals surface area (Å²) in [7, 11) is 0. The van der Waals surface area contributed by atoms with Gasteiger partial charge in [-0.2, -0.15) is 0 Å². The summed E-state index contributed by atoms with van der Waals surface area (Å²) in [4.78, 5) is 139. The lowest BCUT2D eigenvalue weighted by Gasteiger charge is -2.29. The van der Waals surface area contributed by atoms with Crippen LogP contribution >= 0.6 is 0 Å². The number of rotatable bonds is 34. The van der Waals surface area contributed by atoms with Gasteiger partial charge in [-0.25, -0.2) is 4.79 Å². The van der Waals surface area contributed by atoms with Crippen molar-refractivity contribution in [3.05, 3.63) is 65.7 Å². The van der Waals surface area contributed by atoms with Gasteiger partial charge in [0, 0.05) is 19.4 Å². The Hall–Kier alpha value is -7.91. The first-order chi connectivity index (χ1) is 37.0. The summed E-state index contributed by atoms with van der Waals surface area (Å²) in [5.74, 6) is -12.2. The number of carboxylic acid groups (broad SMARTS) is 2. The predicted molar refractivity (Wildman–Crippen MR) is 288 cm³/mol. The summed E-state index contributed by atoms with van der Waals surface area (Å²) >= 11 is 0. The van der Waals surface area contributed by atoms with Crippen LogP contribution in [0.5, 0.6) is 5.75 Å². The fourth-order valence-corrected chi connectivity index (χ4v) is 7.78. The Morgan fingerprint density at radius 3 is 1.46 bits per heavy atom. The molecule has 0 spiro atoms. The highest BCUT2D eigenvalue weighted by atomic mass is 16.4. The second-order valence-corrected chi connectivity index (χ2v) is 20.3. The van der Waals surface area contributed by atoms with Gasteiger partial charge in [0.05, 0.1) is 19.1 Å². The maximum atomic E-state index is 14.5. The molecule has 0 aliphatic heterocycles. The second kappa shape index (κ2) is 33.4. The number of nitrogens with zero attached hydrogens (tertiary/aromatic N) is 1. The summed E-state index contributed by atoms with van der Waals surface area (Å²) in [6.07, 6.45) is -2.95. The Balaban J connectivity index is 2.52. The lowest BCUT2D eigenvalue weighted by atomic mass is 9.99. The van der Waals surface area contributed by atoms with Gasteiger partial charge >= 0.3 is 11.9 Å². The highest BCUT2D eigenvalue weighted by Gasteiger charge is 2.36. The zero-order chi connectivity index (χ0) is 59.7. The molecule has 27 heteroatoms. The molecule has 0 fully saturated rings. The van der Waals surface area contributed by atoms with E-state index in [9.17, 15) is 73.5 Å². The number of hydrogen-bond acceptors (Lipinski definition) is 15. The molecule has 0 aliphatic rings. The van der Waals surface area contributed by atoms with Crippen molar-refractivity contribution in [1.29, 1.82) is 0 Å². The zero-order valence-corrected chi connectivity index (χ0v) is 45.6. The Kier molecular flexibility index (Phi) is 28.4. The number of hydrogen-bond donors (Lipinski definition) is 16. The fourth-order valence-electron chi connectivity index (χ4n) is 7.78. The normalized spacial score (nSPS) is 15.0. The minimum atomic E-state index is -1.88. The molecule has 8 amide bonds. The summed E-state index contributed by atoms with van der Waals surface area (Å²) < 4.78 is 0. The molecule has 2 rings (SSSR count). The molecular weight excluding hydrogens is 1030 g/mol. The van der Waals surface area contributed by atoms with Crippen molar-refractivity contribution in [1.82, 2.24) is 42.5 Å². The maximum absolute atomic E-state index is 14.5. The third-order valence-electron chi connectivity index (χ3n) is 12.1. The number of benzene rings is 2. The predicted octanol–water partition coefficient (Wildman–Crippen LogP) is -2.88. The van der Waals surface area contributed by atoms with E-state index < -0.39 is 139 Å². The Bertz CT molecular complexity index is 2400. The summed E-state index contributed by atoms with van der Waals surface area (Å²) in [6, 6.07) is 0.0793. The van der Waals surface area contributed by atoms with Crippen LogP contribution in [0.2, 0.25) is 0 Å². The maximum Gasteiger partial charge on any atom is 0.326 e. The van der Waals surface area contributed by atoms with Gasteiger partial charge in [-0.1, -0.05) is 84.0 Å². The first-order valence-electron chi connectivity index (χ1n) is 25.8. The number of nitrogens with two attached hydrogens (primary N) is 3. The third kappa shape index (κ3) is 24.5. The van der Waals surface area contributed by atoms with Gasteiger partial charge in [-0.3, -0.25) is 48.1 Å². The van der Waals surface area contributed by atoms with Gasteiger partial charge in [0.15, 0.2) is 5.96 Å². The number of amides is 8. The van der Waals surface area contributed by atoms with E-state index in [0.29, 0.717) is 11.1 Å². The van der Waals surface area contributed by atoms with Crippen molar-refractivity contribution in [3.63, 3.8) is 0 Å². The van der Waals surface area contributed by atoms with Crippen molar-refractivity contribution >= 4 is 65.2 Å². The fraction of sp³-hybridized carbons (Fsp3) is 0.558. The molecule has 10 atom stereocenters. The van der Waals surface area contributed by atoms with Crippen LogP contribution in [0.25, 0.3) is 0 Å². The van der Waals surface area contributed by atoms with E-state index in [-0.39, 0.29) is 68.6 Å². The molecule has 0 bridgehead atoms. The summed E-state index contributed by atoms with van der Waals surface area (Å²) in [5, 5.41) is 69.5. The minimum absolute atomic E-state index is 0.0289. The number of carboxylic acids is 2. The molecule has 438 valence electrons. The largest absolute Gasteiger partial charge is 0.508 e. The lowest BCUT2D eigenvalue weighted by Crippen LogP contribution is -2.61. The molecule has 2 aromatic carbocycles. The number of carbonyl (C=O) groups is 10. The van der Waals surface area contributed by atoms with Crippen molar-refractivity contribution in [2.75, 3.05) is 13.2 Å². The molecule has 0 saturated carbocycles. The molecule has 0 radical (unpaired) electrons.